The van der Waals surface area contributed by atoms with Gasteiger partial charge >= 0.3 is 0 Å². The third-order valence-corrected chi connectivity index (χ3v) is 4.03. The van der Waals surface area contributed by atoms with E-state index in [9.17, 15) is 4.79 Å². The Bertz CT molecular complexity index is 775. The molecule has 0 aliphatic heterocycles. The highest BCUT2D eigenvalue weighted by molar-refractivity contribution is 7.13. The van der Waals surface area contributed by atoms with E-state index in [1.165, 1.54) is 17.7 Å². The van der Waals surface area contributed by atoms with Crippen LogP contribution in [-0.4, -0.2) is 10.9 Å². The first kappa shape index (κ1) is 13.6. The SMILES string of the molecule is Cc1ccc(NC(=O)c2ncoc2-c2cccs2)c(C)c1. The molecular formula is C16H14N2O2S. The largest absolute Gasteiger partial charge is 0.442 e. The molecule has 3 rings (SSSR count). The van der Waals surface area contributed by atoms with Gasteiger partial charge in [0.25, 0.3) is 5.91 Å². The Labute approximate surface area is 126 Å². The third-order valence-electron chi connectivity index (χ3n) is 3.16. The average molecular weight is 298 g/mol. The summed E-state index contributed by atoms with van der Waals surface area (Å²) in [4.78, 5) is 17.3. The van der Waals surface area contributed by atoms with Gasteiger partial charge in [0, 0.05) is 5.69 Å². The smallest absolute Gasteiger partial charge is 0.278 e. The molecular weight excluding hydrogens is 284 g/mol. The Kier molecular flexibility index (Phi) is 3.58. The zero-order valence-corrected chi connectivity index (χ0v) is 12.5. The second-order valence-electron chi connectivity index (χ2n) is 4.78. The van der Waals surface area contributed by atoms with Crippen molar-refractivity contribution in [1.82, 2.24) is 4.98 Å². The van der Waals surface area contributed by atoms with Crippen molar-refractivity contribution in [2.45, 2.75) is 13.8 Å². The van der Waals surface area contributed by atoms with Crippen molar-refractivity contribution >= 4 is 22.9 Å². The van der Waals surface area contributed by atoms with E-state index in [1.807, 2.05) is 49.6 Å². The van der Waals surface area contributed by atoms with E-state index in [-0.39, 0.29) is 5.91 Å². The van der Waals surface area contributed by atoms with E-state index in [4.69, 9.17) is 4.42 Å². The summed E-state index contributed by atoms with van der Waals surface area (Å²) >= 11 is 1.51. The summed E-state index contributed by atoms with van der Waals surface area (Å²) in [5.74, 6) is 0.242. The Morgan fingerprint density at radius 1 is 1.29 bits per heavy atom. The monoisotopic (exact) mass is 298 g/mol. The van der Waals surface area contributed by atoms with Crippen molar-refractivity contribution in [3.63, 3.8) is 0 Å². The topological polar surface area (TPSA) is 55.1 Å². The van der Waals surface area contributed by atoms with Crippen molar-refractivity contribution in [1.29, 1.82) is 0 Å². The van der Waals surface area contributed by atoms with E-state index in [0.29, 0.717) is 11.5 Å². The number of carbonyl (C=O) groups excluding carboxylic acids is 1. The first-order valence-electron chi connectivity index (χ1n) is 6.51. The molecule has 0 atom stereocenters. The molecule has 0 unspecified atom stereocenters. The molecule has 2 aromatic heterocycles. The highest BCUT2D eigenvalue weighted by Crippen LogP contribution is 2.28. The fourth-order valence-electron chi connectivity index (χ4n) is 2.13. The molecule has 3 aromatic rings. The summed E-state index contributed by atoms with van der Waals surface area (Å²) in [6.07, 6.45) is 1.30. The molecule has 1 aromatic carbocycles. The van der Waals surface area contributed by atoms with Gasteiger partial charge in [0.2, 0.25) is 0 Å². The molecule has 4 nitrogen and oxygen atoms in total. The number of thiophene rings is 1. The fraction of sp³-hybridized carbons (Fsp3) is 0.125. The molecule has 0 aliphatic rings. The highest BCUT2D eigenvalue weighted by atomic mass is 32.1. The van der Waals surface area contributed by atoms with Crippen molar-refractivity contribution in [3.05, 3.63) is 58.9 Å². The predicted octanol–water partition coefficient (Wildman–Crippen LogP) is 4.27. The second kappa shape index (κ2) is 5.54. The Balaban J connectivity index is 1.88. The first-order valence-corrected chi connectivity index (χ1v) is 7.39. The number of amides is 1. The van der Waals surface area contributed by atoms with Crippen molar-refractivity contribution in [2.75, 3.05) is 5.32 Å². The molecule has 0 aliphatic carbocycles. The molecule has 0 bridgehead atoms. The normalized spacial score (nSPS) is 10.6. The van der Waals surface area contributed by atoms with Gasteiger partial charge in [-0.2, -0.15) is 0 Å². The number of oxazole rings is 1. The summed E-state index contributed by atoms with van der Waals surface area (Å²) in [6.45, 7) is 3.98. The first-order chi connectivity index (χ1) is 10.1. The average Bonchev–Trinajstić information content (AvgIpc) is 3.10. The van der Waals surface area contributed by atoms with Crippen LogP contribution in [0.3, 0.4) is 0 Å². The maximum atomic E-state index is 12.4. The number of aromatic nitrogens is 1. The zero-order valence-electron chi connectivity index (χ0n) is 11.7. The van der Waals surface area contributed by atoms with E-state index < -0.39 is 0 Å². The standard InChI is InChI=1S/C16H14N2O2S/c1-10-5-6-12(11(2)8-10)18-16(19)14-15(20-9-17-14)13-4-3-7-21-13/h3-9H,1-2H3,(H,18,19). The van der Waals surface area contributed by atoms with Gasteiger partial charge in [-0.3, -0.25) is 4.79 Å². The number of nitrogens with one attached hydrogen (secondary N) is 1. The van der Waals surface area contributed by atoms with E-state index in [0.717, 1.165) is 21.7 Å². The lowest BCUT2D eigenvalue weighted by Gasteiger charge is -2.08. The van der Waals surface area contributed by atoms with Crippen LogP contribution in [-0.2, 0) is 0 Å². The molecule has 0 saturated carbocycles. The zero-order chi connectivity index (χ0) is 14.8. The molecule has 0 spiro atoms. The molecule has 1 N–H and O–H groups in total. The Morgan fingerprint density at radius 3 is 2.86 bits per heavy atom. The van der Waals surface area contributed by atoms with Gasteiger partial charge < -0.3 is 9.73 Å². The molecule has 0 fully saturated rings. The summed E-state index contributed by atoms with van der Waals surface area (Å²) in [5.41, 5.74) is 3.26. The predicted molar refractivity (Wildman–Crippen MR) is 83.7 cm³/mol. The van der Waals surface area contributed by atoms with Crippen LogP contribution in [0.15, 0.2) is 46.5 Å². The maximum absolute atomic E-state index is 12.4. The summed E-state index contributed by atoms with van der Waals surface area (Å²) in [7, 11) is 0. The minimum atomic E-state index is -0.265. The van der Waals surface area contributed by atoms with Gasteiger partial charge in [-0.1, -0.05) is 23.8 Å². The minimum Gasteiger partial charge on any atom is -0.442 e. The van der Waals surface area contributed by atoms with Crippen molar-refractivity contribution in [2.24, 2.45) is 0 Å². The van der Waals surface area contributed by atoms with Gasteiger partial charge in [0.05, 0.1) is 4.88 Å². The number of hydrogen-bond donors (Lipinski definition) is 1. The van der Waals surface area contributed by atoms with Gasteiger partial charge in [0.1, 0.15) is 0 Å². The minimum absolute atomic E-state index is 0.265. The van der Waals surface area contributed by atoms with Crippen LogP contribution < -0.4 is 5.32 Å². The molecule has 5 heteroatoms. The van der Waals surface area contributed by atoms with Crippen LogP contribution in [0.5, 0.6) is 0 Å². The summed E-state index contributed by atoms with van der Waals surface area (Å²) in [6, 6.07) is 9.70. The lowest BCUT2D eigenvalue weighted by molar-refractivity contribution is 0.102. The van der Waals surface area contributed by atoms with Crippen LogP contribution in [0.4, 0.5) is 5.69 Å². The van der Waals surface area contributed by atoms with Crippen LogP contribution >= 0.6 is 11.3 Å². The van der Waals surface area contributed by atoms with Crippen LogP contribution in [0.25, 0.3) is 10.6 Å². The molecule has 0 radical (unpaired) electrons. The van der Waals surface area contributed by atoms with Gasteiger partial charge in [0.15, 0.2) is 17.8 Å². The number of anilines is 1. The van der Waals surface area contributed by atoms with E-state index in [2.05, 4.69) is 10.3 Å². The number of nitrogens with zero attached hydrogens (tertiary/aromatic N) is 1. The number of benzene rings is 1. The van der Waals surface area contributed by atoms with Crippen molar-refractivity contribution in [3.8, 4) is 10.6 Å². The Hall–Kier alpha value is -2.40. The summed E-state index contributed by atoms with van der Waals surface area (Å²) in [5, 5.41) is 4.82. The van der Waals surface area contributed by atoms with E-state index >= 15 is 0 Å². The maximum Gasteiger partial charge on any atom is 0.278 e. The number of carbonyl (C=O) groups is 1. The molecule has 1 amide bonds. The summed E-state index contributed by atoms with van der Waals surface area (Å²) < 4.78 is 5.36. The molecule has 106 valence electrons. The van der Waals surface area contributed by atoms with Gasteiger partial charge in [-0.25, -0.2) is 4.98 Å². The fourth-order valence-corrected chi connectivity index (χ4v) is 2.84. The Morgan fingerprint density at radius 2 is 2.14 bits per heavy atom. The molecule has 21 heavy (non-hydrogen) atoms. The second-order valence-corrected chi connectivity index (χ2v) is 5.73. The van der Waals surface area contributed by atoms with Crippen LogP contribution in [0.2, 0.25) is 0 Å². The number of hydrogen-bond acceptors (Lipinski definition) is 4. The van der Waals surface area contributed by atoms with E-state index in [1.54, 1.807) is 0 Å². The molecule has 0 saturated heterocycles. The highest BCUT2D eigenvalue weighted by Gasteiger charge is 2.19. The molecule has 2 heterocycles. The van der Waals surface area contributed by atoms with Crippen LogP contribution in [0, 0.1) is 13.8 Å². The van der Waals surface area contributed by atoms with Crippen molar-refractivity contribution < 1.29 is 9.21 Å². The van der Waals surface area contributed by atoms with Crippen LogP contribution in [0.1, 0.15) is 21.6 Å². The lowest BCUT2D eigenvalue weighted by atomic mass is 10.1. The number of rotatable bonds is 3. The lowest BCUT2D eigenvalue weighted by Crippen LogP contribution is -2.14. The third kappa shape index (κ3) is 2.73. The quantitative estimate of drug-likeness (QED) is 0.785. The number of aryl methyl sites for hydroxylation is 2. The van der Waals surface area contributed by atoms with Gasteiger partial charge in [-0.05, 0) is 36.9 Å². The van der Waals surface area contributed by atoms with Gasteiger partial charge in [-0.15, -0.1) is 11.3 Å².